The van der Waals surface area contributed by atoms with E-state index < -0.39 is 0 Å². The van der Waals surface area contributed by atoms with Crippen LogP contribution < -0.4 is 5.30 Å². The zero-order chi connectivity index (χ0) is 6.69. The molecule has 0 heterocycles. The number of phenols is 1. The maximum Gasteiger partial charge on any atom is 0.122 e. The van der Waals surface area contributed by atoms with Gasteiger partial charge in [0.05, 0.1) is 0 Å². The minimum absolute atomic E-state index is 0.415. The summed E-state index contributed by atoms with van der Waals surface area (Å²) in [5, 5.41) is 10.2. The first kappa shape index (κ1) is 6.57. The fraction of sp³-hybridized carbons (Fsp3) is 0.143. The van der Waals surface area contributed by atoms with E-state index in [1.165, 1.54) is 0 Å². The van der Waals surface area contributed by atoms with Crippen molar-refractivity contribution in [3.63, 3.8) is 0 Å². The predicted octanol–water partition coefficient (Wildman–Crippen LogP) is 1.33. The van der Waals surface area contributed by atoms with Gasteiger partial charge in [-0.3, -0.25) is 0 Å². The maximum atomic E-state index is 9.12. The molecule has 9 heavy (non-hydrogen) atoms. The lowest BCUT2D eigenvalue weighted by molar-refractivity contribution is 0.480. The van der Waals surface area contributed by atoms with Crippen LogP contribution in [-0.4, -0.2) is 11.8 Å². The number of phenolic OH excluding ortho intramolecular Hbond substituents is 1. The Bertz CT molecular complexity index is 198. The van der Waals surface area contributed by atoms with E-state index in [1.807, 2.05) is 18.2 Å². The van der Waals surface area contributed by atoms with Gasteiger partial charge in [0, 0.05) is 5.30 Å². The summed E-state index contributed by atoms with van der Waals surface area (Å²) in [4.78, 5) is 0. The highest BCUT2D eigenvalue weighted by atomic mass is 31.1. The number of hydrogen-bond acceptors (Lipinski definition) is 1. The molecule has 1 aromatic rings. The Hall–Kier alpha value is -0.550. The molecule has 0 aliphatic carbocycles. The topological polar surface area (TPSA) is 20.2 Å². The predicted molar refractivity (Wildman–Crippen MR) is 42.0 cm³/mol. The molecular weight excluding hydrogens is 131 g/mol. The Kier molecular flexibility index (Phi) is 2.07. The van der Waals surface area contributed by atoms with Crippen molar-refractivity contribution in [1.29, 1.82) is 0 Å². The average Bonchev–Trinajstić information content (AvgIpc) is 1.89. The summed E-state index contributed by atoms with van der Waals surface area (Å²) in [6, 6.07) is 7.42. The summed E-state index contributed by atoms with van der Waals surface area (Å²) >= 11 is 0. The zero-order valence-electron chi connectivity index (χ0n) is 5.26. The molecule has 0 saturated carbocycles. The molecule has 0 saturated heterocycles. The third-order valence-electron chi connectivity index (χ3n) is 1.17. The zero-order valence-corrected chi connectivity index (χ0v) is 6.26. The van der Waals surface area contributed by atoms with Crippen LogP contribution >= 0.6 is 8.58 Å². The minimum Gasteiger partial charge on any atom is -0.507 e. The Balaban J connectivity index is 3.01. The molecule has 0 amide bonds. The number of benzene rings is 1. The summed E-state index contributed by atoms with van der Waals surface area (Å²) in [6.07, 6.45) is 0. The summed E-state index contributed by atoms with van der Waals surface area (Å²) in [5.74, 6) is 0.415. The Morgan fingerprint density at radius 1 is 1.33 bits per heavy atom. The highest BCUT2D eigenvalue weighted by molar-refractivity contribution is 7.46. The largest absolute Gasteiger partial charge is 0.507 e. The highest BCUT2D eigenvalue weighted by Crippen LogP contribution is 2.13. The van der Waals surface area contributed by atoms with Gasteiger partial charge < -0.3 is 5.11 Å². The summed E-state index contributed by atoms with van der Waals surface area (Å²) in [6.45, 7) is 2.05. The molecule has 0 aliphatic heterocycles. The highest BCUT2D eigenvalue weighted by Gasteiger charge is 1.92. The van der Waals surface area contributed by atoms with E-state index in [-0.39, 0.29) is 0 Å². The first-order valence-electron chi connectivity index (χ1n) is 2.80. The minimum atomic E-state index is 0.415. The van der Waals surface area contributed by atoms with Crippen molar-refractivity contribution in [2.45, 2.75) is 0 Å². The fourth-order valence-corrected chi connectivity index (χ4v) is 1.29. The molecule has 0 aliphatic rings. The molecule has 0 aromatic heterocycles. The second-order valence-corrected chi connectivity index (χ2v) is 2.81. The lowest BCUT2D eigenvalue weighted by atomic mass is 10.3. The first-order valence-corrected chi connectivity index (χ1v) is 4.30. The molecule has 1 rings (SSSR count). The van der Waals surface area contributed by atoms with Gasteiger partial charge in [0.2, 0.25) is 0 Å². The van der Waals surface area contributed by atoms with E-state index in [0.29, 0.717) is 14.3 Å². The second-order valence-electron chi connectivity index (χ2n) is 1.77. The van der Waals surface area contributed by atoms with Crippen LogP contribution in [-0.2, 0) is 0 Å². The molecule has 2 heteroatoms. The lowest BCUT2D eigenvalue weighted by Crippen LogP contribution is -1.91. The summed E-state index contributed by atoms with van der Waals surface area (Å²) in [5.41, 5.74) is 0. The first-order chi connectivity index (χ1) is 4.34. The molecule has 1 N–H and O–H groups in total. The molecular formula is C7H9OP. The van der Waals surface area contributed by atoms with E-state index in [9.17, 15) is 0 Å². The van der Waals surface area contributed by atoms with Crippen LogP contribution in [0, 0.1) is 0 Å². The molecule has 48 valence electrons. The van der Waals surface area contributed by atoms with Crippen LogP contribution in [0.2, 0.25) is 0 Å². The maximum absolute atomic E-state index is 9.12. The van der Waals surface area contributed by atoms with E-state index in [2.05, 4.69) is 6.66 Å². The van der Waals surface area contributed by atoms with E-state index in [0.717, 1.165) is 5.30 Å². The molecule has 0 spiro atoms. The molecule has 0 fully saturated rings. The smallest absolute Gasteiger partial charge is 0.122 e. The van der Waals surface area contributed by atoms with Crippen LogP contribution in [0.3, 0.4) is 0 Å². The third-order valence-corrected chi connectivity index (χ3v) is 2.13. The number of aromatic hydroxyl groups is 1. The quantitative estimate of drug-likeness (QED) is 0.583. The molecule has 1 aromatic carbocycles. The van der Waals surface area contributed by atoms with Gasteiger partial charge in [-0.25, -0.2) is 0 Å². The van der Waals surface area contributed by atoms with Gasteiger partial charge in [0.25, 0.3) is 0 Å². The van der Waals surface area contributed by atoms with Crippen molar-refractivity contribution < 1.29 is 5.11 Å². The monoisotopic (exact) mass is 140 g/mol. The Morgan fingerprint density at radius 2 is 2.00 bits per heavy atom. The van der Waals surface area contributed by atoms with E-state index in [4.69, 9.17) is 5.11 Å². The second kappa shape index (κ2) is 2.84. The average molecular weight is 140 g/mol. The van der Waals surface area contributed by atoms with Gasteiger partial charge in [-0.2, -0.15) is 0 Å². The molecule has 1 nitrogen and oxygen atoms in total. The number of rotatable bonds is 1. The van der Waals surface area contributed by atoms with Gasteiger partial charge >= 0.3 is 0 Å². The Morgan fingerprint density at radius 3 is 2.44 bits per heavy atom. The van der Waals surface area contributed by atoms with Crippen molar-refractivity contribution in [2.75, 3.05) is 6.66 Å². The summed E-state index contributed by atoms with van der Waals surface area (Å²) in [7, 11) is 0.679. The van der Waals surface area contributed by atoms with Crippen LogP contribution in [0.25, 0.3) is 0 Å². The number of hydrogen-bond donors (Lipinski definition) is 1. The van der Waals surface area contributed by atoms with Crippen molar-refractivity contribution >= 4 is 13.9 Å². The van der Waals surface area contributed by atoms with Gasteiger partial charge in [-0.15, -0.1) is 0 Å². The fourth-order valence-electron chi connectivity index (χ4n) is 0.685. The van der Waals surface area contributed by atoms with Gasteiger partial charge in [0.15, 0.2) is 0 Å². The van der Waals surface area contributed by atoms with Gasteiger partial charge in [0.1, 0.15) is 5.75 Å². The SMILES string of the molecule is CPc1ccccc1O. The lowest BCUT2D eigenvalue weighted by Gasteiger charge is -1.97. The van der Waals surface area contributed by atoms with E-state index in [1.54, 1.807) is 6.07 Å². The van der Waals surface area contributed by atoms with Crippen molar-refractivity contribution in [3.05, 3.63) is 24.3 Å². The molecule has 1 atom stereocenters. The third kappa shape index (κ3) is 1.43. The standard InChI is InChI=1S/C7H9OP/c1-9-7-5-3-2-4-6(7)8/h2-5,8-9H,1H3. The van der Waals surface area contributed by atoms with Crippen molar-refractivity contribution in [2.24, 2.45) is 0 Å². The van der Waals surface area contributed by atoms with Crippen molar-refractivity contribution in [3.8, 4) is 5.75 Å². The van der Waals surface area contributed by atoms with Crippen molar-refractivity contribution in [1.82, 2.24) is 0 Å². The van der Waals surface area contributed by atoms with E-state index >= 15 is 0 Å². The van der Waals surface area contributed by atoms with Gasteiger partial charge in [-0.05, 0) is 12.7 Å². The van der Waals surface area contributed by atoms with Gasteiger partial charge in [-0.1, -0.05) is 26.8 Å². The van der Waals surface area contributed by atoms with Crippen LogP contribution in [0.15, 0.2) is 24.3 Å². The molecule has 1 unspecified atom stereocenters. The molecule has 0 radical (unpaired) electrons. The van der Waals surface area contributed by atoms with Crippen LogP contribution in [0.5, 0.6) is 5.75 Å². The molecule has 0 bridgehead atoms. The summed E-state index contributed by atoms with van der Waals surface area (Å²) < 4.78 is 0. The normalized spacial score (nSPS) is 10.8. The Labute approximate surface area is 56.5 Å². The number of para-hydroxylation sites is 1. The van der Waals surface area contributed by atoms with Crippen LogP contribution in [0.4, 0.5) is 0 Å². The van der Waals surface area contributed by atoms with Crippen LogP contribution in [0.1, 0.15) is 0 Å².